The molecule has 0 nitrogen and oxygen atoms in total. The van der Waals surface area contributed by atoms with Crippen molar-refractivity contribution in [1.82, 2.24) is 0 Å². The predicted octanol–water partition coefficient (Wildman–Crippen LogP) is 8.00. The van der Waals surface area contributed by atoms with Crippen LogP contribution in [0.3, 0.4) is 0 Å². The van der Waals surface area contributed by atoms with Gasteiger partial charge in [-0.1, -0.05) is 76.9 Å². The average molecular weight is 371 g/mol. The summed E-state index contributed by atoms with van der Waals surface area (Å²) in [5.74, 6) is 0.0366. The summed E-state index contributed by atoms with van der Waals surface area (Å²) in [5, 5.41) is 0. The molecule has 2 heteroatoms. The Balaban J connectivity index is 1.77. The molecule has 1 saturated carbocycles. The number of rotatable bonds is 4. The Morgan fingerprint density at radius 3 is 2.04 bits per heavy atom. The molecule has 1 fully saturated rings. The van der Waals surface area contributed by atoms with Crippen LogP contribution in [0.4, 0.5) is 8.78 Å². The van der Waals surface area contributed by atoms with Crippen LogP contribution in [0.25, 0.3) is 11.1 Å². The first-order valence-corrected chi connectivity index (χ1v) is 10.4. The van der Waals surface area contributed by atoms with Crippen LogP contribution in [0, 0.1) is 17.6 Å². The first-order chi connectivity index (χ1) is 12.8. The molecule has 1 aliphatic carbocycles. The molecule has 0 spiro atoms. The molecule has 0 N–H and O–H groups in total. The Bertz CT molecular complexity index is 760. The minimum atomic E-state index is -0.741. The monoisotopic (exact) mass is 370 g/mol. The second-order valence-corrected chi connectivity index (χ2v) is 9.17. The highest BCUT2D eigenvalue weighted by Gasteiger charge is 2.24. The summed E-state index contributed by atoms with van der Waals surface area (Å²) in [4.78, 5) is 0. The van der Waals surface area contributed by atoms with Crippen LogP contribution >= 0.6 is 0 Å². The molecule has 2 aromatic rings. The summed E-state index contributed by atoms with van der Waals surface area (Å²) >= 11 is 0. The van der Waals surface area contributed by atoms with E-state index in [1.807, 2.05) is 32.9 Å². The van der Waals surface area contributed by atoms with Gasteiger partial charge < -0.3 is 0 Å². The van der Waals surface area contributed by atoms with Crippen LogP contribution in [0.1, 0.15) is 83.3 Å². The normalized spacial score (nSPS) is 20.7. The summed E-state index contributed by atoms with van der Waals surface area (Å²) < 4.78 is 29.2. The molecule has 0 aromatic heterocycles. The van der Waals surface area contributed by atoms with Gasteiger partial charge in [-0.3, -0.25) is 0 Å². The zero-order valence-electron chi connectivity index (χ0n) is 17.1. The number of hydrogen-bond acceptors (Lipinski definition) is 0. The highest BCUT2D eigenvalue weighted by atomic mass is 19.2. The molecule has 0 heterocycles. The van der Waals surface area contributed by atoms with Crippen molar-refractivity contribution in [3.8, 4) is 11.1 Å². The van der Waals surface area contributed by atoms with E-state index in [1.165, 1.54) is 44.1 Å². The Hall–Kier alpha value is -1.70. The first kappa shape index (κ1) is 20.0. The third kappa shape index (κ3) is 4.42. The third-order valence-corrected chi connectivity index (χ3v) is 6.13. The van der Waals surface area contributed by atoms with Gasteiger partial charge in [0.05, 0.1) is 0 Å². The third-order valence-electron chi connectivity index (χ3n) is 6.13. The van der Waals surface area contributed by atoms with Gasteiger partial charge in [-0.2, -0.15) is 0 Å². The van der Waals surface area contributed by atoms with Gasteiger partial charge in [0.2, 0.25) is 0 Å². The molecule has 0 saturated heterocycles. The molecule has 27 heavy (non-hydrogen) atoms. The van der Waals surface area contributed by atoms with E-state index >= 15 is 0 Å². The van der Waals surface area contributed by atoms with E-state index in [2.05, 4.69) is 19.1 Å². The standard InChI is InChI=1S/C25H32F2/c1-5-6-17-7-9-18(10-8-17)19-11-13-20(14-12-19)21-15-16-22(25(2,3)4)24(27)23(21)26/h11-18H,5-10H2,1-4H3. The quantitative estimate of drug-likeness (QED) is 0.511. The van der Waals surface area contributed by atoms with Crippen molar-refractivity contribution < 1.29 is 8.78 Å². The summed E-state index contributed by atoms with van der Waals surface area (Å²) in [6.45, 7) is 7.96. The van der Waals surface area contributed by atoms with Crippen molar-refractivity contribution in [2.45, 2.75) is 77.6 Å². The molecule has 2 aromatic carbocycles. The lowest BCUT2D eigenvalue weighted by atomic mass is 9.77. The molecular formula is C25H32F2. The van der Waals surface area contributed by atoms with Crippen LogP contribution in [-0.2, 0) is 5.41 Å². The van der Waals surface area contributed by atoms with Crippen molar-refractivity contribution >= 4 is 0 Å². The molecule has 1 aliphatic rings. The fourth-order valence-corrected chi connectivity index (χ4v) is 4.48. The zero-order chi connectivity index (χ0) is 19.6. The maximum atomic E-state index is 14.7. The lowest BCUT2D eigenvalue weighted by Gasteiger charge is -2.28. The lowest BCUT2D eigenvalue weighted by molar-refractivity contribution is 0.308. The molecular weight excluding hydrogens is 338 g/mol. The summed E-state index contributed by atoms with van der Waals surface area (Å²) in [7, 11) is 0. The Morgan fingerprint density at radius 2 is 1.48 bits per heavy atom. The SMILES string of the molecule is CCCC1CCC(c2ccc(-c3ccc(C(C)(C)C)c(F)c3F)cc2)CC1. The fraction of sp³-hybridized carbons (Fsp3) is 0.520. The second kappa shape index (κ2) is 8.12. The maximum Gasteiger partial charge on any atom is 0.166 e. The van der Waals surface area contributed by atoms with Crippen molar-refractivity contribution in [2.24, 2.45) is 5.92 Å². The van der Waals surface area contributed by atoms with E-state index in [1.54, 1.807) is 12.1 Å². The van der Waals surface area contributed by atoms with E-state index in [-0.39, 0.29) is 0 Å². The zero-order valence-corrected chi connectivity index (χ0v) is 17.1. The molecule has 0 aliphatic heterocycles. The van der Waals surface area contributed by atoms with Gasteiger partial charge in [0.15, 0.2) is 11.6 Å². The summed E-state index contributed by atoms with van der Waals surface area (Å²) in [5.41, 5.74) is 2.43. The lowest BCUT2D eigenvalue weighted by Crippen LogP contribution is -2.15. The Labute approximate surface area is 163 Å². The minimum Gasteiger partial charge on any atom is -0.203 e. The van der Waals surface area contributed by atoms with Crippen molar-refractivity contribution in [1.29, 1.82) is 0 Å². The average Bonchev–Trinajstić information content (AvgIpc) is 2.64. The van der Waals surface area contributed by atoms with Crippen molar-refractivity contribution in [3.05, 3.63) is 59.2 Å². The molecule has 0 bridgehead atoms. The molecule has 146 valence electrons. The predicted molar refractivity (Wildman–Crippen MR) is 110 cm³/mol. The van der Waals surface area contributed by atoms with Crippen LogP contribution < -0.4 is 0 Å². The van der Waals surface area contributed by atoms with Crippen molar-refractivity contribution in [3.63, 3.8) is 0 Å². The van der Waals surface area contributed by atoms with E-state index < -0.39 is 17.0 Å². The van der Waals surface area contributed by atoms with Gasteiger partial charge in [0.1, 0.15) is 0 Å². The highest BCUT2D eigenvalue weighted by Crippen LogP contribution is 2.38. The van der Waals surface area contributed by atoms with Gasteiger partial charge in [-0.15, -0.1) is 0 Å². The molecule has 3 rings (SSSR count). The summed E-state index contributed by atoms with van der Waals surface area (Å²) in [6.07, 6.45) is 7.74. The first-order valence-electron chi connectivity index (χ1n) is 10.4. The minimum absolute atomic E-state index is 0.346. The van der Waals surface area contributed by atoms with Crippen LogP contribution in [0.15, 0.2) is 36.4 Å². The Kier molecular flexibility index (Phi) is 6.03. The largest absolute Gasteiger partial charge is 0.203 e. The van der Waals surface area contributed by atoms with Gasteiger partial charge in [0, 0.05) is 5.56 Å². The number of benzene rings is 2. The van der Waals surface area contributed by atoms with E-state index in [4.69, 9.17) is 0 Å². The molecule has 0 radical (unpaired) electrons. The smallest absolute Gasteiger partial charge is 0.166 e. The van der Waals surface area contributed by atoms with Crippen LogP contribution in [0.5, 0.6) is 0 Å². The number of hydrogen-bond donors (Lipinski definition) is 0. The van der Waals surface area contributed by atoms with Crippen LogP contribution in [-0.4, -0.2) is 0 Å². The van der Waals surface area contributed by atoms with E-state index in [9.17, 15) is 8.78 Å². The molecule has 0 unspecified atom stereocenters. The van der Waals surface area contributed by atoms with E-state index in [0.717, 1.165) is 11.5 Å². The second-order valence-electron chi connectivity index (χ2n) is 9.17. The topological polar surface area (TPSA) is 0 Å². The fourth-order valence-electron chi connectivity index (χ4n) is 4.48. The van der Waals surface area contributed by atoms with Gasteiger partial charge in [-0.25, -0.2) is 8.78 Å². The number of halogens is 2. The maximum absolute atomic E-state index is 14.7. The van der Waals surface area contributed by atoms with Gasteiger partial charge >= 0.3 is 0 Å². The molecule has 0 amide bonds. The highest BCUT2D eigenvalue weighted by molar-refractivity contribution is 5.65. The van der Waals surface area contributed by atoms with Crippen LogP contribution in [0.2, 0.25) is 0 Å². The Morgan fingerprint density at radius 1 is 0.852 bits per heavy atom. The van der Waals surface area contributed by atoms with Gasteiger partial charge in [-0.05, 0) is 59.6 Å². The summed E-state index contributed by atoms with van der Waals surface area (Å²) in [6, 6.07) is 11.5. The molecule has 0 atom stereocenters. The van der Waals surface area contributed by atoms with Crippen molar-refractivity contribution in [2.75, 3.05) is 0 Å². The van der Waals surface area contributed by atoms with Gasteiger partial charge in [0.25, 0.3) is 0 Å². The van der Waals surface area contributed by atoms with E-state index in [0.29, 0.717) is 17.0 Å².